The molecule has 136 valence electrons. The van der Waals surface area contributed by atoms with Gasteiger partial charge in [-0.3, -0.25) is 0 Å². The van der Waals surface area contributed by atoms with E-state index in [1.165, 1.54) is 0 Å². The zero-order valence-corrected chi connectivity index (χ0v) is 15.7. The summed E-state index contributed by atoms with van der Waals surface area (Å²) in [5, 5.41) is 0.534. The van der Waals surface area contributed by atoms with Crippen LogP contribution in [0.5, 0.6) is 0 Å². The lowest BCUT2D eigenvalue weighted by Gasteiger charge is -2.10. The number of hydrogen-bond donors (Lipinski definition) is 1. The fraction of sp³-hybridized carbons (Fsp3) is 0.211. The fourth-order valence-corrected chi connectivity index (χ4v) is 4.10. The molecule has 0 aliphatic rings. The Hall–Kier alpha value is -2.15. The van der Waals surface area contributed by atoms with Crippen LogP contribution < -0.4 is 4.72 Å². The van der Waals surface area contributed by atoms with E-state index in [4.69, 9.17) is 11.6 Å². The molecule has 7 heteroatoms. The van der Waals surface area contributed by atoms with Crippen molar-refractivity contribution >= 4 is 21.6 Å². The van der Waals surface area contributed by atoms with E-state index in [1.54, 1.807) is 30.5 Å². The van der Waals surface area contributed by atoms with Gasteiger partial charge in [-0.1, -0.05) is 54.1 Å². The second kappa shape index (κ2) is 8.49. The predicted octanol–water partition coefficient (Wildman–Crippen LogP) is 3.71. The molecule has 0 amide bonds. The van der Waals surface area contributed by atoms with Crippen LogP contribution in [0.4, 0.5) is 0 Å². The molecule has 0 bridgehead atoms. The van der Waals surface area contributed by atoms with Gasteiger partial charge in [-0.25, -0.2) is 18.1 Å². The summed E-state index contributed by atoms with van der Waals surface area (Å²) in [5.74, 6) is 0.806. The molecule has 0 radical (unpaired) electrons. The molecule has 0 aliphatic heterocycles. The van der Waals surface area contributed by atoms with Crippen LogP contribution in [0.25, 0.3) is 11.4 Å². The summed E-state index contributed by atoms with van der Waals surface area (Å²) in [6.45, 7) is 1.05. The molecular formula is C19H20ClN3O2S. The first-order valence-electron chi connectivity index (χ1n) is 8.32. The Kier molecular flexibility index (Phi) is 6.08. The molecule has 0 fully saturated rings. The highest BCUT2D eigenvalue weighted by Gasteiger charge is 2.11. The Morgan fingerprint density at radius 2 is 1.88 bits per heavy atom. The van der Waals surface area contributed by atoms with Gasteiger partial charge >= 0.3 is 0 Å². The van der Waals surface area contributed by atoms with Gasteiger partial charge in [0.1, 0.15) is 5.82 Å². The van der Waals surface area contributed by atoms with Gasteiger partial charge in [0.05, 0.1) is 5.75 Å². The Bertz CT molecular complexity index is 956. The molecule has 0 saturated heterocycles. The number of rotatable bonds is 8. The summed E-state index contributed by atoms with van der Waals surface area (Å²) in [6.07, 6.45) is 4.33. The van der Waals surface area contributed by atoms with Gasteiger partial charge in [-0.15, -0.1) is 0 Å². The molecule has 0 aliphatic carbocycles. The van der Waals surface area contributed by atoms with Crippen LogP contribution in [0.1, 0.15) is 12.0 Å². The van der Waals surface area contributed by atoms with E-state index < -0.39 is 10.0 Å². The highest BCUT2D eigenvalue weighted by molar-refractivity contribution is 7.88. The van der Waals surface area contributed by atoms with Gasteiger partial charge in [0.15, 0.2) is 0 Å². The van der Waals surface area contributed by atoms with Crippen molar-refractivity contribution in [3.05, 3.63) is 77.6 Å². The minimum atomic E-state index is -3.39. The van der Waals surface area contributed by atoms with Crippen LogP contribution in [-0.4, -0.2) is 24.5 Å². The molecule has 5 nitrogen and oxygen atoms in total. The van der Waals surface area contributed by atoms with Crippen LogP contribution in [-0.2, 0) is 22.3 Å². The van der Waals surface area contributed by atoms with Crippen molar-refractivity contribution in [1.82, 2.24) is 14.3 Å². The topological polar surface area (TPSA) is 64.0 Å². The highest BCUT2D eigenvalue weighted by atomic mass is 35.5. The lowest BCUT2D eigenvalue weighted by atomic mass is 10.2. The Labute approximate surface area is 158 Å². The zero-order chi connectivity index (χ0) is 18.4. The number of benzene rings is 2. The number of halogens is 1. The first kappa shape index (κ1) is 18.6. The number of aryl methyl sites for hydroxylation is 1. The molecule has 0 saturated carbocycles. The summed E-state index contributed by atoms with van der Waals surface area (Å²) in [6, 6.07) is 16.8. The first-order valence-corrected chi connectivity index (χ1v) is 10.3. The van der Waals surface area contributed by atoms with Gasteiger partial charge in [-0.2, -0.15) is 0 Å². The van der Waals surface area contributed by atoms with Gasteiger partial charge < -0.3 is 4.57 Å². The maximum absolute atomic E-state index is 12.2. The average molecular weight is 390 g/mol. The van der Waals surface area contributed by atoms with Crippen LogP contribution in [0.15, 0.2) is 67.0 Å². The number of hydrogen-bond acceptors (Lipinski definition) is 3. The molecular weight excluding hydrogens is 370 g/mol. The highest BCUT2D eigenvalue weighted by Crippen LogP contribution is 2.17. The van der Waals surface area contributed by atoms with Crippen molar-refractivity contribution in [2.24, 2.45) is 0 Å². The van der Waals surface area contributed by atoms with Crippen LogP contribution in [0, 0.1) is 0 Å². The average Bonchev–Trinajstić information content (AvgIpc) is 3.08. The fourth-order valence-electron chi connectivity index (χ4n) is 2.71. The van der Waals surface area contributed by atoms with E-state index in [0.29, 0.717) is 30.1 Å². The largest absolute Gasteiger partial charge is 0.331 e. The third-order valence-electron chi connectivity index (χ3n) is 3.89. The maximum atomic E-state index is 12.2. The monoisotopic (exact) mass is 389 g/mol. The number of nitrogens with zero attached hydrogens (tertiary/aromatic N) is 2. The number of sulfonamides is 1. The van der Waals surface area contributed by atoms with E-state index in [9.17, 15) is 8.42 Å². The van der Waals surface area contributed by atoms with Crippen LogP contribution in [0.2, 0.25) is 5.02 Å². The van der Waals surface area contributed by atoms with Crippen molar-refractivity contribution < 1.29 is 8.42 Å². The molecule has 1 aromatic heterocycles. The van der Waals surface area contributed by atoms with Gasteiger partial charge in [0.2, 0.25) is 10.0 Å². The van der Waals surface area contributed by atoms with Crippen LogP contribution >= 0.6 is 11.6 Å². The molecule has 0 atom stereocenters. The summed E-state index contributed by atoms with van der Waals surface area (Å²) in [4.78, 5) is 4.39. The van der Waals surface area contributed by atoms with Crippen molar-refractivity contribution in [3.63, 3.8) is 0 Å². The number of nitrogens with one attached hydrogen (secondary N) is 1. The minimum absolute atomic E-state index is 0.0755. The smallest absolute Gasteiger partial charge is 0.215 e. The predicted molar refractivity (Wildman–Crippen MR) is 104 cm³/mol. The van der Waals surface area contributed by atoms with E-state index in [2.05, 4.69) is 9.71 Å². The first-order chi connectivity index (χ1) is 12.5. The number of aromatic nitrogens is 2. The molecule has 2 aromatic carbocycles. The quantitative estimate of drug-likeness (QED) is 0.597. The van der Waals surface area contributed by atoms with Gasteiger partial charge in [-0.05, 0) is 24.1 Å². The third kappa shape index (κ3) is 5.17. The Morgan fingerprint density at radius 3 is 2.65 bits per heavy atom. The minimum Gasteiger partial charge on any atom is -0.331 e. The standard InChI is InChI=1S/C19H20ClN3O2S/c20-18-9-4-6-16(14-18)15-26(24,25)22-10-5-12-23-13-11-21-19(23)17-7-2-1-3-8-17/h1-4,6-9,11,13-14,22H,5,10,12,15H2. The Morgan fingerprint density at radius 1 is 1.08 bits per heavy atom. The van der Waals surface area contributed by atoms with Crippen molar-refractivity contribution in [2.75, 3.05) is 6.54 Å². The van der Waals surface area contributed by atoms with Crippen molar-refractivity contribution in [2.45, 2.75) is 18.7 Å². The molecule has 0 unspecified atom stereocenters. The summed E-state index contributed by atoms with van der Waals surface area (Å²) >= 11 is 5.90. The number of imidazole rings is 1. The van der Waals surface area contributed by atoms with Crippen molar-refractivity contribution in [3.8, 4) is 11.4 Å². The lowest BCUT2D eigenvalue weighted by Crippen LogP contribution is -2.26. The molecule has 26 heavy (non-hydrogen) atoms. The van der Waals surface area contributed by atoms with E-state index in [-0.39, 0.29) is 5.75 Å². The zero-order valence-electron chi connectivity index (χ0n) is 14.2. The van der Waals surface area contributed by atoms with E-state index in [0.717, 1.165) is 11.4 Å². The normalized spacial score (nSPS) is 11.6. The van der Waals surface area contributed by atoms with Gasteiger partial charge in [0, 0.05) is 36.1 Å². The molecule has 1 N–H and O–H groups in total. The maximum Gasteiger partial charge on any atom is 0.215 e. The molecule has 3 aromatic rings. The summed E-state index contributed by atoms with van der Waals surface area (Å²) in [7, 11) is -3.39. The van der Waals surface area contributed by atoms with Crippen molar-refractivity contribution in [1.29, 1.82) is 0 Å². The molecule has 0 spiro atoms. The summed E-state index contributed by atoms with van der Waals surface area (Å²) in [5.41, 5.74) is 1.71. The second-order valence-electron chi connectivity index (χ2n) is 5.95. The summed E-state index contributed by atoms with van der Waals surface area (Å²) < 4.78 is 29.0. The van der Waals surface area contributed by atoms with Crippen LogP contribution in [0.3, 0.4) is 0 Å². The van der Waals surface area contributed by atoms with E-state index >= 15 is 0 Å². The lowest BCUT2D eigenvalue weighted by molar-refractivity contribution is 0.570. The van der Waals surface area contributed by atoms with E-state index in [1.807, 2.05) is 41.1 Å². The second-order valence-corrected chi connectivity index (χ2v) is 8.19. The SMILES string of the molecule is O=S(=O)(Cc1cccc(Cl)c1)NCCCn1ccnc1-c1ccccc1. The molecule has 3 rings (SSSR count). The van der Waals surface area contributed by atoms with Gasteiger partial charge in [0.25, 0.3) is 0 Å². The Balaban J connectivity index is 1.52. The molecule has 1 heterocycles. The third-order valence-corrected chi connectivity index (χ3v) is 5.48.